The number of rotatable bonds is 6. The molecule has 2 amide bonds. The monoisotopic (exact) mass is 555 g/mol. The van der Waals surface area contributed by atoms with Gasteiger partial charge in [-0.3, -0.25) is 19.1 Å². The molecule has 1 aliphatic heterocycles. The summed E-state index contributed by atoms with van der Waals surface area (Å²) in [6.45, 7) is 1.08. The number of likely N-dealkylation sites (tertiary alicyclic amines) is 1. The summed E-state index contributed by atoms with van der Waals surface area (Å²) < 4.78 is 40.9. The minimum Gasteiger partial charge on any atom is -0.349 e. The van der Waals surface area contributed by atoms with Gasteiger partial charge in [-0.25, -0.2) is 9.78 Å². The molecule has 1 aliphatic carbocycles. The van der Waals surface area contributed by atoms with E-state index in [1.807, 2.05) is 0 Å². The SMILES string of the molecule is O=C(CNC(=O)c1cccc(C(F)(F)F)c1)NC1CN([C@H]2CC[C@@H](n3cc(Br)cnc3=O)CC2)C1. The minimum atomic E-state index is -4.54. The summed E-state index contributed by atoms with van der Waals surface area (Å²) in [7, 11) is 0. The molecule has 12 heteroatoms. The molecule has 1 saturated heterocycles. The molecule has 2 N–H and O–H groups in total. The number of halogens is 4. The number of aromatic nitrogens is 2. The number of hydrogen-bond acceptors (Lipinski definition) is 5. The summed E-state index contributed by atoms with van der Waals surface area (Å²) in [4.78, 5) is 42.5. The average Bonchev–Trinajstić information content (AvgIpc) is 2.81. The number of alkyl halides is 3. The maximum Gasteiger partial charge on any atom is 0.416 e. The van der Waals surface area contributed by atoms with Gasteiger partial charge >= 0.3 is 11.9 Å². The van der Waals surface area contributed by atoms with Gasteiger partial charge in [0.05, 0.1) is 22.6 Å². The first kappa shape index (κ1) is 25.4. The first-order valence-corrected chi connectivity index (χ1v) is 12.1. The predicted octanol–water partition coefficient (Wildman–Crippen LogP) is 2.74. The van der Waals surface area contributed by atoms with Crippen LogP contribution in [0.25, 0.3) is 0 Å². The van der Waals surface area contributed by atoms with Crippen LogP contribution in [0.3, 0.4) is 0 Å². The van der Waals surface area contributed by atoms with E-state index in [2.05, 4.69) is 36.4 Å². The van der Waals surface area contributed by atoms with Gasteiger partial charge in [0.2, 0.25) is 5.91 Å². The highest BCUT2D eigenvalue weighted by atomic mass is 79.9. The molecule has 2 aromatic rings. The van der Waals surface area contributed by atoms with Crippen LogP contribution in [0, 0.1) is 0 Å². The van der Waals surface area contributed by atoms with Gasteiger partial charge in [-0.05, 0) is 59.8 Å². The second-order valence-corrected chi connectivity index (χ2v) is 9.82. The van der Waals surface area contributed by atoms with E-state index in [-0.39, 0.29) is 35.8 Å². The lowest BCUT2D eigenvalue weighted by atomic mass is 9.88. The summed E-state index contributed by atoms with van der Waals surface area (Å²) in [6, 6.07) is 4.54. The number of benzene rings is 1. The zero-order valence-electron chi connectivity index (χ0n) is 18.7. The maximum atomic E-state index is 12.8. The topological polar surface area (TPSA) is 96.3 Å². The highest BCUT2D eigenvalue weighted by Crippen LogP contribution is 2.32. The molecule has 1 saturated carbocycles. The molecule has 0 unspecified atom stereocenters. The van der Waals surface area contributed by atoms with Crippen molar-refractivity contribution in [2.75, 3.05) is 19.6 Å². The van der Waals surface area contributed by atoms with E-state index in [0.29, 0.717) is 19.1 Å². The normalized spacial score (nSPS) is 21.3. The Morgan fingerprint density at radius 2 is 1.80 bits per heavy atom. The van der Waals surface area contributed by atoms with Gasteiger partial charge in [-0.15, -0.1) is 0 Å². The fourth-order valence-corrected chi connectivity index (χ4v) is 4.97. The van der Waals surface area contributed by atoms with E-state index in [4.69, 9.17) is 0 Å². The molecule has 2 fully saturated rings. The number of nitrogens with zero attached hydrogens (tertiary/aromatic N) is 3. The zero-order valence-corrected chi connectivity index (χ0v) is 20.3. The van der Waals surface area contributed by atoms with Gasteiger partial charge in [-0.2, -0.15) is 13.2 Å². The standard InChI is InChI=1S/C23H25BrF3N5O3/c24-16-9-29-22(35)32(11-16)19-6-4-18(5-7-19)31-12-17(13-31)30-20(33)10-28-21(34)14-2-1-3-15(8-14)23(25,26)27/h1-3,8-9,11,17-19H,4-7,10,12-13H2,(H,28,34)(H,30,33)/t18-,19+. The van der Waals surface area contributed by atoms with E-state index in [0.717, 1.165) is 48.4 Å². The molecular weight excluding hydrogens is 531 g/mol. The Hall–Kier alpha value is -2.73. The van der Waals surface area contributed by atoms with Gasteiger partial charge < -0.3 is 10.6 Å². The molecule has 35 heavy (non-hydrogen) atoms. The fraction of sp³-hybridized carbons (Fsp3) is 0.478. The number of amides is 2. The van der Waals surface area contributed by atoms with Crippen molar-refractivity contribution in [2.24, 2.45) is 0 Å². The van der Waals surface area contributed by atoms with Crippen molar-refractivity contribution in [3.05, 3.63) is 62.7 Å². The second kappa shape index (κ2) is 10.5. The zero-order chi connectivity index (χ0) is 25.2. The number of hydrogen-bond donors (Lipinski definition) is 2. The third kappa shape index (κ3) is 6.29. The van der Waals surface area contributed by atoms with Crippen LogP contribution in [0.5, 0.6) is 0 Å². The molecule has 2 heterocycles. The van der Waals surface area contributed by atoms with Crippen LogP contribution in [-0.2, 0) is 11.0 Å². The lowest BCUT2D eigenvalue weighted by Gasteiger charge is -2.46. The first-order valence-electron chi connectivity index (χ1n) is 11.3. The largest absolute Gasteiger partial charge is 0.416 e. The summed E-state index contributed by atoms with van der Waals surface area (Å²) in [6.07, 6.45) is 2.36. The van der Waals surface area contributed by atoms with Crippen molar-refractivity contribution in [3.63, 3.8) is 0 Å². The van der Waals surface area contributed by atoms with Crippen LogP contribution in [0.1, 0.15) is 47.6 Å². The van der Waals surface area contributed by atoms with Crippen LogP contribution in [0.15, 0.2) is 45.9 Å². The van der Waals surface area contributed by atoms with Crippen molar-refractivity contribution in [1.82, 2.24) is 25.1 Å². The summed E-state index contributed by atoms with van der Waals surface area (Å²) in [5.74, 6) is -1.13. The minimum absolute atomic E-state index is 0.0393. The Morgan fingerprint density at radius 1 is 1.11 bits per heavy atom. The Balaban J connectivity index is 1.17. The fourth-order valence-electron chi connectivity index (χ4n) is 4.65. The smallest absolute Gasteiger partial charge is 0.349 e. The molecule has 1 aromatic heterocycles. The van der Waals surface area contributed by atoms with Crippen LogP contribution < -0.4 is 16.3 Å². The van der Waals surface area contributed by atoms with Gasteiger partial charge in [0, 0.05) is 43.1 Å². The second-order valence-electron chi connectivity index (χ2n) is 8.90. The molecule has 0 bridgehead atoms. The average molecular weight is 556 g/mol. The number of nitrogens with one attached hydrogen (secondary N) is 2. The Morgan fingerprint density at radius 3 is 2.49 bits per heavy atom. The highest BCUT2D eigenvalue weighted by molar-refractivity contribution is 9.10. The molecular formula is C23H25BrF3N5O3. The molecule has 0 atom stereocenters. The van der Waals surface area contributed by atoms with Crippen molar-refractivity contribution in [2.45, 2.75) is 50.0 Å². The van der Waals surface area contributed by atoms with E-state index in [1.54, 1.807) is 10.8 Å². The van der Waals surface area contributed by atoms with Gasteiger partial charge in [0.15, 0.2) is 0 Å². The summed E-state index contributed by atoms with van der Waals surface area (Å²) in [5, 5.41) is 5.21. The number of carbonyl (C=O) groups is 2. The van der Waals surface area contributed by atoms with E-state index in [1.165, 1.54) is 12.3 Å². The van der Waals surface area contributed by atoms with Gasteiger partial charge in [-0.1, -0.05) is 6.07 Å². The van der Waals surface area contributed by atoms with E-state index >= 15 is 0 Å². The Bertz CT molecular complexity index is 1140. The van der Waals surface area contributed by atoms with E-state index in [9.17, 15) is 27.6 Å². The van der Waals surface area contributed by atoms with Crippen molar-refractivity contribution >= 4 is 27.7 Å². The molecule has 0 radical (unpaired) electrons. The molecule has 188 valence electrons. The molecule has 0 spiro atoms. The van der Waals surface area contributed by atoms with Crippen LogP contribution >= 0.6 is 15.9 Å². The van der Waals surface area contributed by atoms with Crippen LogP contribution in [0.2, 0.25) is 0 Å². The van der Waals surface area contributed by atoms with Crippen molar-refractivity contribution < 1.29 is 22.8 Å². The summed E-state index contributed by atoms with van der Waals surface area (Å²) >= 11 is 3.36. The molecule has 1 aromatic carbocycles. The quantitative estimate of drug-likeness (QED) is 0.571. The number of carbonyl (C=O) groups excluding carboxylic acids is 2. The predicted molar refractivity (Wildman–Crippen MR) is 125 cm³/mol. The molecule has 4 rings (SSSR count). The molecule has 8 nitrogen and oxygen atoms in total. The van der Waals surface area contributed by atoms with Crippen molar-refractivity contribution in [3.8, 4) is 0 Å². The van der Waals surface area contributed by atoms with Crippen LogP contribution in [-0.4, -0.2) is 58.0 Å². The lowest BCUT2D eigenvalue weighted by molar-refractivity contribution is -0.137. The highest BCUT2D eigenvalue weighted by Gasteiger charge is 2.36. The summed E-state index contributed by atoms with van der Waals surface area (Å²) in [5.41, 5.74) is -1.32. The maximum absolute atomic E-state index is 12.8. The van der Waals surface area contributed by atoms with Crippen molar-refractivity contribution in [1.29, 1.82) is 0 Å². The van der Waals surface area contributed by atoms with Crippen LogP contribution in [0.4, 0.5) is 13.2 Å². The third-order valence-corrected chi connectivity index (χ3v) is 6.90. The first-order chi connectivity index (χ1) is 16.6. The molecule has 2 aliphatic rings. The van der Waals surface area contributed by atoms with Gasteiger partial charge in [0.1, 0.15) is 0 Å². The third-order valence-electron chi connectivity index (χ3n) is 6.49. The Labute approximate surface area is 208 Å². The Kier molecular flexibility index (Phi) is 7.60. The van der Waals surface area contributed by atoms with E-state index < -0.39 is 17.6 Å². The van der Waals surface area contributed by atoms with Gasteiger partial charge in [0.25, 0.3) is 5.91 Å². The lowest BCUT2D eigenvalue weighted by Crippen LogP contribution is -2.63.